The van der Waals surface area contributed by atoms with Crippen molar-refractivity contribution < 1.29 is 4.39 Å². The fourth-order valence-electron chi connectivity index (χ4n) is 1.80. The summed E-state index contributed by atoms with van der Waals surface area (Å²) in [4.78, 5) is 4.06. The van der Waals surface area contributed by atoms with Crippen LogP contribution in [0, 0.1) is 5.82 Å². The summed E-state index contributed by atoms with van der Waals surface area (Å²) >= 11 is 16.9. The van der Waals surface area contributed by atoms with Crippen LogP contribution in [0.15, 0.2) is 36.5 Å². The van der Waals surface area contributed by atoms with Gasteiger partial charge in [-0.2, -0.15) is 0 Å². The maximum absolute atomic E-state index is 12.8. The molecule has 7 heteroatoms. The van der Waals surface area contributed by atoms with E-state index in [4.69, 9.17) is 35.4 Å². The minimum Gasteiger partial charge on any atom is -0.362 e. The van der Waals surface area contributed by atoms with Gasteiger partial charge in [0, 0.05) is 12.7 Å². The lowest BCUT2D eigenvalue weighted by atomic mass is 10.1. The molecular formula is C15H14Cl2FN3S. The quantitative estimate of drug-likeness (QED) is 0.612. The number of pyridine rings is 1. The molecule has 22 heavy (non-hydrogen) atoms. The van der Waals surface area contributed by atoms with Gasteiger partial charge < -0.3 is 10.6 Å². The first-order valence-corrected chi connectivity index (χ1v) is 7.81. The molecule has 116 valence electrons. The summed E-state index contributed by atoms with van der Waals surface area (Å²) in [5.74, 6) is 0.238. The van der Waals surface area contributed by atoms with Gasteiger partial charge in [0.2, 0.25) is 0 Å². The van der Waals surface area contributed by atoms with Gasteiger partial charge in [-0.3, -0.25) is 0 Å². The highest BCUT2D eigenvalue weighted by Gasteiger charge is 2.04. The van der Waals surface area contributed by atoms with Gasteiger partial charge in [-0.05, 0) is 48.8 Å². The van der Waals surface area contributed by atoms with E-state index < -0.39 is 0 Å². The molecule has 0 aliphatic heterocycles. The van der Waals surface area contributed by atoms with Crippen molar-refractivity contribution in [3.8, 4) is 0 Å². The minimum atomic E-state index is -0.223. The van der Waals surface area contributed by atoms with E-state index in [1.54, 1.807) is 18.2 Å². The lowest BCUT2D eigenvalue weighted by Gasteiger charge is -2.11. The molecule has 0 unspecified atom stereocenters. The van der Waals surface area contributed by atoms with Crippen LogP contribution in [-0.2, 0) is 6.42 Å². The number of rotatable bonds is 5. The highest BCUT2D eigenvalue weighted by atomic mass is 35.5. The second-order valence-corrected chi connectivity index (χ2v) is 5.85. The molecule has 0 atom stereocenters. The molecule has 0 saturated carbocycles. The molecule has 0 radical (unpaired) electrons. The third kappa shape index (κ3) is 5.40. The number of nitrogens with zero attached hydrogens (tertiary/aromatic N) is 1. The Bertz CT molecular complexity index is 650. The lowest BCUT2D eigenvalue weighted by molar-refractivity contribution is 0.626. The molecule has 0 aliphatic rings. The second kappa shape index (κ2) is 8.27. The number of aromatic nitrogens is 1. The standard InChI is InChI=1S/C15H14Cl2FN3S/c16-11-8-13(17)14(20-9-11)21-15(22)19-7-1-2-10-3-5-12(18)6-4-10/h3-6,8-9H,1-2,7H2,(H2,19,20,21,22). The van der Waals surface area contributed by atoms with Gasteiger partial charge in [0.05, 0.1) is 10.0 Å². The number of halogens is 3. The summed E-state index contributed by atoms with van der Waals surface area (Å²) in [6.07, 6.45) is 3.21. The van der Waals surface area contributed by atoms with E-state index in [1.165, 1.54) is 18.3 Å². The van der Waals surface area contributed by atoms with Crippen molar-refractivity contribution in [2.45, 2.75) is 12.8 Å². The predicted molar refractivity (Wildman–Crippen MR) is 93.2 cm³/mol. The summed E-state index contributed by atoms with van der Waals surface area (Å²) < 4.78 is 12.8. The Kier molecular flexibility index (Phi) is 6.36. The van der Waals surface area contributed by atoms with Crippen LogP contribution in [0.25, 0.3) is 0 Å². The normalized spacial score (nSPS) is 10.3. The number of aryl methyl sites for hydroxylation is 1. The number of hydrogen-bond acceptors (Lipinski definition) is 2. The molecule has 0 saturated heterocycles. The van der Waals surface area contributed by atoms with Crippen LogP contribution in [0.4, 0.5) is 10.2 Å². The van der Waals surface area contributed by atoms with Crippen LogP contribution in [0.3, 0.4) is 0 Å². The summed E-state index contributed by atoms with van der Waals surface area (Å²) in [6, 6.07) is 8.08. The smallest absolute Gasteiger partial charge is 0.171 e. The SMILES string of the molecule is Fc1ccc(CCCNC(=S)Nc2ncc(Cl)cc2Cl)cc1. The second-order valence-electron chi connectivity index (χ2n) is 4.59. The maximum Gasteiger partial charge on any atom is 0.171 e. The van der Waals surface area contributed by atoms with E-state index in [1.807, 2.05) is 0 Å². The molecule has 0 amide bonds. The van der Waals surface area contributed by atoms with Gasteiger partial charge in [-0.25, -0.2) is 9.37 Å². The van der Waals surface area contributed by atoms with E-state index in [0.717, 1.165) is 18.4 Å². The summed E-state index contributed by atoms with van der Waals surface area (Å²) in [7, 11) is 0. The first-order chi connectivity index (χ1) is 10.5. The van der Waals surface area contributed by atoms with Crippen LogP contribution >= 0.6 is 35.4 Å². The Hall–Kier alpha value is -1.43. The molecule has 0 fully saturated rings. The average Bonchev–Trinajstić information content (AvgIpc) is 2.48. The van der Waals surface area contributed by atoms with Crippen LogP contribution < -0.4 is 10.6 Å². The molecule has 1 aromatic heterocycles. The monoisotopic (exact) mass is 357 g/mol. The molecule has 0 aliphatic carbocycles. The third-order valence-electron chi connectivity index (χ3n) is 2.88. The molecule has 1 heterocycles. The predicted octanol–water partition coefficient (Wildman–Crippen LogP) is 4.45. The molecule has 0 spiro atoms. The highest BCUT2D eigenvalue weighted by Crippen LogP contribution is 2.22. The van der Waals surface area contributed by atoms with E-state index in [2.05, 4.69) is 15.6 Å². The van der Waals surface area contributed by atoms with Crippen LogP contribution in [0.2, 0.25) is 10.0 Å². The van der Waals surface area contributed by atoms with Crippen molar-refractivity contribution >= 4 is 46.4 Å². The van der Waals surface area contributed by atoms with Crippen molar-refractivity contribution in [1.29, 1.82) is 0 Å². The zero-order valence-corrected chi connectivity index (χ0v) is 13.9. The minimum absolute atomic E-state index is 0.223. The Balaban J connectivity index is 1.72. The van der Waals surface area contributed by atoms with Crippen LogP contribution in [0.1, 0.15) is 12.0 Å². The number of benzene rings is 1. The van der Waals surface area contributed by atoms with Crippen molar-refractivity contribution in [3.63, 3.8) is 0 Å². The highest BCUT2D eigenvalue weighted by molar-refractivity contribution is 7.80. The summed E-state index contributed by atoms with van der Waals surface area (Å²) in [5.41, 5.74) is 1.09. The van der Waals surface area contributed by atoms with Crippen molar-refractivity contribution in [2.75, 3.05) is 11.9 Å². The number of nitrogens with one attached hydrogen (secondary N) is 2. The van der Waals surface area contributed by atoms with Gasteiger partial charge in [-0.1, -0.05) is 35.3 Å². The Morgan fingerprint density at radius 3 is 2.64 bits per heavy atom. The van der Waals surface area contributed by atoms with Crippen molar-refractivity contribution in [3.05, 3.63) is 58.0 Å². The first-order valence-electron chi connectivity index (χ1n) is 6.65. The third-order valence-corrected chi connectivity index (χ3v) is 3.62. The van der Waals surface area contributed by atoms with Gasteiger partial charge in [0.25, 0.3) is 0 Å². The maximum atomic E-state index is 12.8. The van der Waals surface area contributed by atoms with Gasteiger partial charge >= 0.3 is 0 Å². The van der Waals surface area contributed by atoms with E-state index in [0.29, 0.717) is 27.5 Å². The topological polar surface area (TPSA) is 37.0 Å². The Morgan fingerprint density at radius 2 is 1.95 bits per heavy atom. The van der Waals surface area contributed by atoms with Gasteiger partial charge in [0.15, 0.2) is 10.9 Å². The number of hydrogen-bond donors (Lipinski definition) is 2. The lowest BCUT2D eigenvalue weighted by Crippen LogP contribution is -2.29. The number of anilines is 1. The molecule has 1 aromatic carbocycles. The summed E-state index contributed by atoms with van der Waals surface area (Å²) in [5, 5.41) is 7.29. The van der Waals surface area contributed by atoms with Gasteiger partial charge in [0.1, 0.15) is 5.82 Å². The molecule has 2 rings (SSSR count). The Morgan fingerprint density at radius 1 is 1.23 bits per heavy atom. The van der Waals surface area contributed by atoms with E-state index in [9.17, 15) is 4.39 Å². The average molecular weight is 358 g/mol. The molecule has 2 aromatic rings. The van der Waals surface area contributed by atoms with Gasteiger partial charge in [-0.15, -0.1) is 0 Å². The van der Waals surface area contributed by atoms with Crippen LogP contribution in [0.5, 0.6) is 0 Å². The molecular weight excluding hydrogens is 344 g/mol. The first kappa shape index (κ1) is 16.9. The fraction of sp³-hybridized carbons (Fsp3) is 0.200. The molecule has 3 nitrogen and oxygen atoms in total. The van der Waals surface area contributed by atoms with Crippen molar-refractivity contribution in [2.24, 2.45) is 0 Å². The fourth-order valence-corrected chi connectivity index (χ4v) is 2.43. The largest absolute Gasteiger partial charge is 0.362 e. The zero-order chi connectivity index (χ0) is 15.9. The molecule has 2 N–H and O–H groups in total. The zero-order valence-electron chi connectivity index (χ0n) is 11.6. The number of thiocarbonyl (C=S) groups is 1. The molecule has 0 bridgehead atoms. The van der Waals surface area contributed by atoms with E-state index in [-0.39, 0.29) is 5.82 Å². The van der Waals surface area contributed by atoms with Crippen molar-refractivity contribution in [1.82, 2.24) is 10.3 Å². The van der Waals surface area contributed by atoms with Crippen LogP contribution in [-0.4, -0.2) is 16.6 Å². The summed E-state index contributed by atoms with van der Waals surface area (Å²) in [6.45, 7) is 0.689. The van der Waals surface area contributed by atoms with E-state index >= 15 is 0 Å². The Labute approximate surface area is 143 Å².